The molecule has 0 radical (unpaired) electrons. The molecular weight excluding hydrogens is 396 g/mol. The van der Waals surface area contributed by atoms with E-state index in [1.165, 1.54) is 106 Å². The van der Waals surface area contributed by atoms with E-state index in [1.807, 2.05) is 0 Å². The summed E-state index contributed by atoms with van der Waals surface area (Å²) in [4.78, 5) is 17.2. The number of nitrogens with one attached hydrogen (secondary N) is 1. The zero-order chi connectivity index (χ0) is 21.9. The highest BCUT2D eigenvalue weighted by atomic mass is 16.1. The number of piperidine rings is 1. The standard InChI is InChI=1S/C27H40N4O/c1-21(32)28-19-27-25(20-29-15-7-8-16-29)24-11-5-6-12-26(24)31(27)23-13-17-30(18-14-23)22-9-3-2-4-10-22/h5-6,11-12,22-23H,2-4,7-10,13-20H2,1H3,(H,28,32). The third-order valence-corrected chi connectivity index (χ3v) is 8.17. The minimum Gasteiger partial charge on any atom is -0.351 e. The first kappa shape index (κ1) is 22.0. The lowest BCUT2D eigenvalue weighted by atomic mass is 9.92. The second kappa shape index (κ2) is 9.96. The van der Waals surface area contributed by atoms with E-state index >= 15 is 0 Å². The highest BCUT2D eigenvalue weighted by Gasteiger charge is 2.30. The molecule has 0 bridgehead atoms. The fourth-order valence-corrected chi connectivity index (χ4v) is 6.50. The van der Waals surface area contributed by atoms with Gasteiger partial charge >= 0.3 is 0 Å². The molecule has 1 aliphatic carbocycles. The van der Waals surface area contributed by atoms with Crippen LogP contribution in [-0.2, 0) is 17.9 Å². The molecule has 3 heterocycles. The van der Waals surface area contributed by atoms with E-state index in [4.69, 9.17) is 0 Å². The van der Waals surface area contributed by atoms with Crippen molar-refractivity contribution in [3.05, 3.63) is 35.5 Å². The first-order chi connectivity index (χ1) is 15.7. The number of aromatic nitrogens is 1. The number of carbonyl (C=O) groups is 1. The Kier molecular flexibility index (Phi) is 6.84. The van der Waals surface area contributed by atoms with Gasteiger partial charge in [0, 0.05) is 55.2 Å². The maximum absolute atomic E-state index is 11.9. The third kappa shape index (κ3) is 4.60. The van der Waals surface area contributed by atoms with Crippen LogP contribution in [-0.4, -0.2) is 52.5 Å². The van der Waals surface area contributed by atoms with Crippen molar-refractivity contribution in [3.63, 3.8) is 0 Å². The molecule has 2 aliphatic heterocycles. The number of hydrogen-bond acceptors (Lipinski definition) is 3. The number of benzene rings is 1. The molecule has 3 fully saturated rings. The molecule has 2 saturated heterocycles. The Morgan fingerprint density at radius 3 is 2.34 bits per heavy atom. The topological polar surface area (TPSA) is 40.5 Å². The second-order valence-corrected chi connectivity index (χ2v) is 10.3. The first-order valence-corrected chi connectivity index (χ1v) is 13.0. The lowest BCUT2D eigenvalue weighted by Gasteiger charge is -2.40. The number of para-hydroxylation sites is 1. The van der Waals surface area contributed by atoms with Gasteiger partial charge in [-0.25, -0.2) is 0 Å². The smallest absolute Gasteiger partial charge is 0.217 e. The van der Waals surface area contributed by atoms with Crippen LogP contribution in [0.25, 0.3) is 10.9 Å². The van der Waals surface area contributed by atoms with E-state index < -0.39 is 0 Å². The Morgan fingerprint density at radius 1 is 0.906 bits per heavy atom. The zero-order valence-corrected chi connectivity index (χ0v) is 19.8. The van der Waals surface area contributed by atoms with Crippen LogP contribution in [0.5, 0.6) is 0 Å². The molecule has 1 N–H and O–H groups in total. The van der Waals surface area contributed by atoms with Gasteiger partial charge in [0.2, 0.25) is 5.91 Å². The third-order valence-electron chi connectivity index (χ3n) is 8.17. The normalized spacial score (nSPS) is 22.0. The summed E-state index contributed by atoms with van der Waals surface area (Å²) in [5.74, 6) is 0.0565. The van der Waals surface area contributed by atoms with Crippen molar-refractivity contribution in [1.29, 1.82) is 0 Å². The van der Waals surface area contributed by atoms with Gasteiger partial charge in [0.1, 0.15) is 0 Å². The van der Waals surface area contributed by atoms with Crippen LogP contribution in [0, 0.1) is 0 Å². The molecule has 1 saturated carbocycles. The van der Waals surface area contributed by atoms with Crippen LogP contribution >= 0.6 is 0 Å². The molecular formula is C27H40N4O. The fraction of sp³-hybridized carbons (Fsp3) is 0.667. The second-order valence-electron chi connectivity index (χ2n) is 10.3. The Bertz CT molecular complexity index is 915. The Hall–Kier alpha value is -1.85. The van der Waals surface area contributed by atoms with Gasteiger partial charge in [-0.05, 0) is 63.2 Å². The summed E-state index contributed by atoms with van der Waals surface area (Å²) in [6, 6.07) is 10.3. The van der Waals surface area contributed by atoms with Crippen LogP contribution in [0.4, 0.5) is 0 Å². The van der Waals surface area contributed by atoms with Crippen LogP contribution in [0.15, 0.2) is 24.3 Å². The molecule has 5 rings (SSSR count). The van der Waals surface area contributed by atoms with Gasteiger partial charge in [-0.3, -0.25) is 9.69 Å². The van der Waals surface area contributed by atoms with Crippen LogP contribution in [0.2, 0.25) is 0 Å². The molecule has 0 spiro atoms. The van der Waals surface area contributed by atoms with Crippen LogP contribution in [0.1, 0.15) is 82.0 Å². The molecule has 1 amide bonds. The van der Waals surface area contributed by atoms with Crippen LogP contribution in [0.3, 0.4) is 0 Å². The summed E-state index contributed by atoms with van der Waals surface area (Å²) in [6.07, 6.45) is 12.1. The van der Waals surface area contributed by atoms with Gasteiger partial charge < -0.3 is 14.8 Å². The van der Waals surface area contributed by atoms with Gasteiger partial charge in [0.25, 0.3) is 0 Å². The molecule has 174 valence electrons. The summed E-state index contributed by atoms with van der Waals surface area (Å²) >= 11 is 0. The average molecular weight is 437 g/mol. The van der Waals surface area contributed by atoms with Crippen molar-refractivity contribution >= 4 is 16.8 Å². The zero-order valence-electron chi connectivity index (χ0n) is 19.8. The molecule has 2 aromatic rings. The lowest BCUT2D eigenvalue weighted by molar-refractivity contribution is -0.119. The van der Waals surface area contributed by atoms with E-state index in [-0.39, 0.29) is 5.91 Å². The van der Waals surface area contributed by atoms with Gasteiger partial charge in [0.15, 0.2) is 0 Å². The molecule has 32 heavy (non-hydrogen) atoms. The molecule has 3 aliphatic rings. The van der Waals surface area contributed by atoms with E-state index in [9.17, 15) is 4.79 Å². The molecule has 5 heteroatoms. The minimum atomic E-state index is 0.0565. The van der Waals surface area contributed by atoms with E-state index in [0.717, 1.165) is 12.6 Å². The minimum absolute atomic E-state index is 0.0565. The Balaban J connectivity index is 1.44. The predicted octanol–water partition coefficient (Wildman–Crippen LogP) is 4.84. The quantitative estimate of drug-likeness (QED) is 0.704. The summed E-state index contributed by atoms with van der Waals surface area (Å²) < 4.78 is 2.62. The number of rotatable bonds is 6. The van der Waals surface area contributed by atoms with E-state index in [0.29, 0.717) is 12.6 Å². The SMILES string of the molecule is CC(=O)NCc1c(CN2CCCC2)c2ccccc2n1C1CCN(C2CCCCC2)CC1. The summed E-state index contributed by atoms with van der Waals surface area (Å²) in [5.41, 5.74) is 4.13. The van der Waals surface area contributed by atoms with Gasteiger partial charge in [-0.1, -0.05) is 37.5 Å². The van der Waals surface area contributed by atoms with Crippen molar-refractivity contribution in [3.8, 4) is 0 Å². The highest BCUT2D eigenvalue weighted by molar-refractivity contribution is 5.86. The van der Waals surface area contributed by atoms with Crippen molar-refractivity contribution < 1.29 is 4.79 Å². The number of nitrogens with zero attached hydrogens (tertiary/aromatic N) is 3. The molecule has 0 unspecified atom stereocenters. The average Bonchev–Trinajstić information content (AvgIpc) is 3.45. The number of likely N-dealkylation sites (tertiary alicyclic amines) is 2. The van der Waals surface area contributed by atoms with Crippen molar-refractivity contribution in [1.82, 2.24) is 19.7 Å². The van der Waals surface area contributed by atoms with E-state index in [2.05, 4.69) is 43.9 Å². The van der Waals surface area contributed by atoms with Crippen LogP contribution < -0.4 is 5.32 Å². The van der Waals surface area contributed by atoms with Gasteiger partial charge in [0.05, 0.1) is 6.54 Å². The molecule has 1 aromatic heterocycles. The number of fused-ring (bicyclic) bond motifs is 1. The number of amides is 1. The highest BCUT2D eigenvalue weighted by Crippen LogP contribution is 2.36. The first-order valence-electron chi connectivity index (χ1n) is 13.0. The van der Waals surface area contributed by atoms with Gasteiger partial charge in [-0.15, -0.1) is 0 Å². The largest absolute Gasteiger partial charge is 0.351 e. The molecule has 0 atom stereocenters. The molecule has 5 nitrogen and oxygen atoms in total. The van der Waals surface area contributed by atoms with E-state index in [1.54, 1.807) is 6.92 Å². The number of carbonyl (C=O) groups excluding carboxylic acids is 1. The fourth-order valence-electron chi connectivity index (χ4n) is 6.50. The van der Waals surface area contributed by atoms with Crippen molar-refractivity contribution in [2.24, 2.45) is 0 Å². The lowest BCUT2D eigenvalue weighted by Crippen LogP contribution is -2.43. The van der Waals surface area contributed by atoms with Gasteiger partial charge in [-0.2, -0.15) is 0 Å². The predicted molar refractivity (Wildman–Crippen MR) is 131 cm³/mol. The maximum Gasteiger partial charge on any atom is 0.217 e. The Labute approximate surface area is 193 Å². The summed E-state index contributed by atoms with van der Waals surface area (Å²) in [7, 11) is 0. The maximum atomic E-state index is 11.9. The summed E-state index contributed by atoms with van der Waals surface area (Å²) in [5, 5.41) is 4.52. The number of hydrogen-bond donors (Lipinski definition) is 1. The van der Waals surface area contributed by atoms with Crippen molar-refractivity contribution in [2.45, 2.75) is 89.9 Å². The summed E-state index contributed by atoms with van der Waals surface area (Å²) in [6.45, 7) is 8.08. The van der Waals surface area contributed by atoms with Crippen molar-refractivity contribution in [2.75, 3.05) is 26.2 Å². The molecule has 1 aromatic carbocycles. The Morgan fingerprint density at radius 2 is 1.62 bits per heavy atom. The monoisotopic (exact) mass is 436 g/mol.